The van der Waals surface area contributed by atoms with Crippen molar-refractivity contribution >= 4 is 17.7 Å². The largest absolute Gasteiger partial charge is 0.354 e. The van der Waals surface area contributed by atoms with Crippen LogP contribution in [0.5, 0.6) is 0 Å². The number of rotatable bonds is 4. The summed E-state index contributed by atoms with van der Waals surface area (Å²) < 4.78 is 0. The van der Waals surface area contributed by atoms with Gasteiger partial charge in [-0.25, -0.2) is 0 Å². The van der Waals surface area contributed by atoms with Gasteiger partial charge in [0.25, 0.3) is 0 Å². The zero-order chi connectivity index (χ0) is 24.2. The summed E-state index contributed by atoms with van der Waals surface area (Å²) >= 11 is 0. The van der Waals surface area contributed by atoms with E-state index in [1.807, 2.05) is 0 Å². The van der Waals surface area contributed by atoms with Gasteiger partial charge in [-0.2, -0.15) is 0 Å². The smallest absolute Gasteiger partial charge is 0.243 e. The number of nitrogens with one attached hydrogen (secondary N) is 3. The molecule has 6 heteroatoms. The summed E-state index contributed by atoms with van der Waals surface area (Å²) in [5.74, 6) is 1.61. The molecule has 0 bridgehead atoms. The average Bonchev–Trinajstić information content (AvgIpc) is 3.09. The molecule has 3 N–H and O–H groups in total. The third-order valence-corrected chi connectivity index (χ3v) is 9.55. The Bertz CT molecular complexity index is 846. The van der Waals surface area contributed by atoms with E-state index in [9.17, 15) is 14.4 Å². The molecule has 1 unspecified atom stereocenters. The van der Waals surface area contributed by atoms with E-state index in [1.54, 1.807) is 13.0 Å². The lowest BCUT2D eigenvalue weighted by Crippen LogP contribution is -2.59. The predicted molar refractivity (Wildman–Crippen MR) is 129 cm³/mol. The third kappa shape index (κ3) is 4.35. The molecule has 1 aliphatic heterocycles. The standard InChI is InChI=1S/C27H43N3O3/c1-16(23(32)28-15-25(2,3)4)29-24(33)20-9-8-18-17-7-10-21-27(6,14-12-22(31)30-21)19(17)11-13-26(18,20)5/h12,14,16-21H,7-11,13,15H2,1-6H3,(H,28,32)(H,29,33)(H,30,31)/t16?,17-,18-,19-,20+,21+,26-,27+/m0/s1. The molecule has 0 aromatic heterocycles. The fourth-order valence-corrected chi connectivity index (χ4v) is 7.65. The molecule has 0 aromatic carbocycles. The van der Waals surface area contributed by atoms with Gasteiger partial charge in [0.15, 0.2) is 0 Å². The third-order valence-electron chi connectivity index (χ3n) is 9.55. The Labute approximate surface area is 199 Å². The summed E-state index contributed by atoms with van der Waals surface area (Å²) in [6.07, 6.45) is 10.1. The number of hydrogen-bond donors (Lipinski definition) is 3. The molecule has 33 heavy (non-hydrogen) atoms. The second-order valence-electron chi connectivity index (χ2n) is 12.9. The van der Waals surface area contributed by atoms with Crippen molar-refractivity contribution in [2.24, 2.45) is 39.9 Å². The minimum atomic E-state index is -0.524. The number of carbonyl (C=O) groups is 3. The average molecular weight is 458 g/mol. The minimum absolute atomic E-state index is 0.0101. The number of fused-ring (bicyclic) bond motifs is 5. The predicted octanol–water partition coefficient (Wildman–Crippen LogP) is 3.57. The van der Waals surface area contributed by atoms with E-state index in [4.69, 9.17) is 0 Å². The highest BCUT2D eigenvalue weighted by molar-refractivity contribution is 5.89. The van der Waals surface area contributed by atoms with Crippen LogP contribution in [0, 0.1) is 39.9 Å². The Hall–Kier alpha value is -1.85. The normalized spacial score (nSPS) is 40.7. The van der Waals surface area contributed by atoms with E-state index in [1.165, 1.54) is 0 Å². The topological polar surface area (TPSA) is 87.3 Å². The van der Waals surface area contributed by atoms with Gasteiger partial charge in [0, 0.05) is 23.9 Å². The Morgan fingerprint density at radius 2 is 1.85 bits per heavy atom. The number of amides is 3. The Kier molecular flexibility index (Phi) is 6.20. The molecular weight excluding hydrogens is 414 g/mol. The number of hydrogen-bond acceptors (Lipinski definition) is 3. The van der Waals surface area contributed by atoms with Gasteiger partial charge < -0.3 is 16.0 Å². The van der Waals surface area contributed by atoms with E-state index in [0.29, 0.717) is 24.3 Å². The monoisotopic (exact) mass is 457 g/mol. The molecule has 4 aliphatic rings. The molecule has 1 heterocycles. The molecule has 0 spiro atoms. The first kappa shape index (κ1) is 24.3. The van der Waals surface area contributed by atoms with E-state index >= 15 is 0 Å². The maximum absolute atomic E-state index is 13.4. The van der Waals surface area contributed by atoms with Crippen LogP contribution in [0.2, 0.25) is 0 Å². The zero-order valence-corrected chi connectivity index (χ0v) is 21.3. The molecule has 3 aliphatic carbocycles. The van der Waals surface area contributed by atoms with Crippen LogP contribution in [0.15, 0.2) is 12.2 Å². The maximum atomic E-state index is 13.4. The van der Waals surface area contributed by atoms with E-state index < -0.39 is 6.04 Å². The van der Waals surface area contributed by atoms with Crippen molar-refractivity contribution in [1.29, 1.82) is 0 Å². The highest BCUT2D eigenvalue weighted by atomic mass is 16.2. The zero-order valence-electron chi connectivity index (χ0n) is 21.3. The molecule has 3 saturated carbocycles. The summed E-state index contributed by atoms with van der Waals surface area (Å²) in [5.41, 5.74) is 0.00595. The van der Waals surface area contributed by atoms with E-state index in [0.717, 1.165) is 38.5 Å². The van der Waals surface area contributed by atoms with Crippen molar-refractivity contribution in [3.8, 4) is 0 Å². The van der Waals surface area contributed by atoms with Crippen LogP contribution in [-0.2, 0) is 14.4 Å². The lowest BCUT2D eigenvalue weighted by atomic mass is 9.48. The van der Waals surface area contributed by atoms with Gasteiger partial charge in [-0.15, -0.1) is 0 Å². The molecule has 6 nitrogen and oxygen atoms in total. The van der Waals surface area contributed by atoms with Crippen molar-refractivity contribution in [1.82, 2.24) is 16.0 Å². The molecule has 3 amide bonds. The Morgan fingerprint density at radius 1 is 1.12 bits per heavy atom. The fourth-order valence-electron chi connectivity index (χ4n) is 7.65. The maximum Gasteiger partial charge on any atom is 0.243 e. The van der Waals surface area contributed by atoms with Crippen LogP contribution >= 0.6 is 0 Å². The highest BCUT2D eigenvalue weighted by Gasteiger charge is 2.60. The first-order valence-corrected chi connectivity index (χ1v) is 12.9. The van der Waals surface area contributed by atoms with Gasteiger partial charge in [-0.3, -0.25) is 14.4 Å². The van der Waals surface area contributed by atoms with Crippen molar-refractivity contribution in [3.05, 3.63) is 12.2 Å². The summed E-state index contributed by atoms with van der Waals surface area (Å²) in [5, 5.41) is 9.21. The van der Waals surface area contributed by atoms with Crippen LogP contribution in [0.1, 0.15) is 80.1 Å². The first-order chi connectivity index (χ1) is 15.3. The Morgan fingerprint density at radius 3 is 2.55 bits per heavy atom. The van der Waals surface area contributed by atoms with Crippen LogP contribution < -0.4 is 16.0 Å². The molecule has 184 valence electrons. The molecule has 3 fully saturated rings. The van der Waals surface area contributed by atoms with Gasteiger partial charge >= 0.3 is 0 Å². The summed E-state index contributed by atoms with van der Waals surface area (Å²) in [6, 6.07) is -0.294. The van der Waals surface area contributed by atoms with Crippen molar-refractivity contribution in [3.63, 3.8) is 0 Å². The highest BCUT2D eigenvalue weighted by Crippen LogP contribution is 2.65. The molecule has 8 atom stereocenters. The second kappa shape index (κ2) is 8.42. The van der Waals surface area contributed by atoms with Crippen LogP contribution in [0.25, 0.3) is 0 Å². The molecule has 4 rings (SSSR count). The van der Waals surface area contributed by atoms with Crippen molar-refractivity contribution < 1.29 is 14.4 Å². The lowest BCUT2D eigenvalue weighted by Gasteiger charge is -2.58. The molecule has 0 radical (unpaired) electrons. The van der Waals surface area contributed by atoms with Crippen LogP contribution in [0.4, 0.5) is 0 Å². The SMILES string of the molecule is CC(NC(=O)[C@H]1CC[C@H]2[C@@H]3CC[C@H]4NC(=O)C=C[C@]4(C)[C@H]3CC[C@]12C)C(=O)NCC(C)(C)C. The van der Waals surface area contributed by atoms with Gasteiger partial charge in [0.1, 0.15) is 6.04 Å². The van der Waals surface area contributed by atoms with Gasteiger partial charge in [0.05, 0.1) is 0 Å². The van der Waals surface area contributed by atoms with Crippen molar-refractivity contribution in [2.45, 2.75) is 92.2 Å². The van der Waals surface area contributed by atoms with Crippen LogP contribution in [0.3, 0.4) is 0 Å². The quantitative estimate of drug-likeness (QED) is 0.603. The Balaban J connectivity index is 1.43. The fraction of sp³-hybridized carbons (Fsp3) is 0.815. The lowest BCUT2D eigenvalue weighted by molar-refractivity contribution is -0.137. The summed E-state index contributed by atoms with van der Waals surface area (Å²) in [6.45, 7) is 13.3. The van der Waals surface area contributed by atoms with Crippen molar-refractivity contribution in [2.75, 3.05) is 6.54 Å². The van der Waals surface area contributed by atoms with Gasteiger partial charge in [0.2, 0.25) is 17.7 Å². The van der Waals surface area contributed by atoms with Crippen LogP contribution in [-0.4, -0.2) is 36.3 Å². The van der Waals surface area contributed by atoms with E-state index in [-0.39, 0.29) is 45.9 Å². The minimum Gasteiger partial charge on any atom is -0.354 e. The summed E-state index contributed by atoms with van der Waals surface area (Å²) in [4.78, 5) is 37.8. The molecular formula is C27H43N3O3. The second-order valence-corrected chi connectivity index (χ2v) is 12.9. The van der Waals surface area contributed by atoms with Gasteiger partial charge in [-0.1, -0.05) is 40.7 Å². The number of carbonyl (C=O) groups excluding carboxylic acids is 3. The first-order valence-electron chi connectivity index (χ1n) is 12.9. The molecule has 0 saturated heterocycles. The van der Waals surface area contributed by atoms with E-state index in [2.05, 4.69) is 56.6 Å². The van der Waals surface area contributed by atoms with Gasteiger partial charge in [-0.05, 0) is 80.1 Å². The molecule has 0 aromatic rings. The summed E-state index contributed by atoms with van der Waals surface area (Å²) in [7, 11) is 0.